The van der Waals surface area contributed by atoms with E-state index in [1.807, 2.05) is 0 Å². The number of fused-ring (bicyclic) bond motifs is 1. The normalized spacial score (nSPS) is 11.5. The van der Waals surface area contributed by atoms with Crippen molar-refractivity contribution >= 4 is 23.1 Å². The molecule has 0 aliphatic rings. The molecule has 2 aromatic heterocycles. The van der Waals surface area contributed by atoms with E-state index >= 15 is 0 Å². The van der Waals surface area contributed by atoms with Crippen molar-refractivity contribution in [2.24, 2.45) is 0 Å². The predicted molar refractivity (Wildman–Crippen MR) is 61.7 cm³/mol. The van der Waals surface area contributed by atoms with Gasteiger partial charge in [0.05, 0.1) is 12.5 Å². The molecule has 2 heterocycles. The summed E-state index contributed by atoms with van der Waals surface area (Å²) >= 11 is 0. The summed E-state index contributed by atoms with van der Waals surface area (Å²) in [5.41, 5.74) is 0.468. The Morgan fingerprint density at radius 1 is 1.47 bits per heavy atom. The second-order valence-electron chi connectivity index (χ2n) is 4.49. The van der Waals surface area contributed by atoms with Gasteiger partial charge in [-0.3, -0.25) is 5.32 Å². The van der Waals surface area contributed by atoms with Crippen LogP contribution >= 0.6 is 0 Å². The maximum atomic E-state index is 11.5. The van der Waals surface area contributed by atoms with E-state index in [1.54, 1.807) is 26.8 Å². The van der Waals surface area contributed by atoms with Crippen LogP contribution in [-0.2, 0) is 4.74 Å². The van der Waals surface area contributed by atoms with Crippen LogP contribution in [-0.4, -0.2) is 21.7 Å². The topological polar surface area (TPSA) is 77.2 Å². The Balaban J connectivity index is 2.10. The van der Waals surface area contributed by atoms with Crippen LogP contribution in [0.4, 0.5) is 10.6 Å². The van der Waals surface area contributed by atoms with Crippen LogP contribution in [0.25, 0.3) is 11.2 Å². The highest BCUT2D eigenvalue weighted by molar-refractivity contribution is 5.84. The molecule has 0 bridgehead atoms. The summed E-state index contributed by atoms with van der Waals surface area (Å²) in [6.45, 7) is 5.37. The predicted octanol–water partition coefficient (Wildman–Crippen LogP) is 2.57. The lowest BCUT2D eigenvalue weighted by Crippen LogP contribution is -2.27. The average molecular weight is 235 g/mol. The number of carbonyl (C=O) groups excluding carboxylic acids is 1. The molecule has 0 saturated heterocycles. The molecular formula is C11H13N3O3. The number of amides is 1. The minimum absolute atomic E-state index is 0.327. The number of nitrogens with one attached hydrogen (secondary N) is 1. The van der Waals surface area contributed by atoms with Crippen LogP contribution in [0.2, 0.25) is 0 Å². The Bertz CT molecular complexity index is 542. The summed E-state index contributed by atoms with van der Waals surface area (Å²) in [6.07, 6.45) is 2.34. The maximum Gasteiger partial charge on any atom is 0.413 e. The molecule has 6 nitrogen and oxygen atoms in total. The molecule has 1 N–H and O–H groups in total. The van der Waals surface area contributed by atoms with Crippen LogP contribution in [0.5, 0.6) is 0 Å². The lowest BCUT2D eigenvalue weighted by atomic mass is 10.2. The van der Waals surface area contributed by atoms with Crippen molar-refractivity contribution in [2.45, 2.75) is 26.4 Å². The van der Waals surface area contributed by atoms with Gasteiger partial charge in [-0.25, -0.2) is 14.8 Å². The van der Waals surface area contributed by atoms with E-state index in [2.05, 4.69) is 15.3 Å². The van der Waals surface area contributed by atoms with Crippen molar-refractivity contribution in [1.82, 2.24) is 9.97 Å². The number of anilines is 1. The maximum absolute atomic E-state index is 11.5. The fraction of sp³-hybridized carbons (Fsp3) is 0.364. The Morgan fingerprint density at radius 3 is 2.94 bits per heavy atom. The highest BCUT2D eigenvalue weighted by Gasteiger charge is 2.16. The van der Waals surface area contributed by atoms with Gasteiger partial charge < -0.3 is 9.15 Å². The molecule has 0 saturated carbocycles. The minimum atomic E-state index is -0.561. The van der Waals surface area contributed by atoms with Gasteiger partial charge in [-0.2, -0.15) is 0 Å². The summed E-state index contributed by atoms with van der Waals surface area (Å²) in [6, 6.07) is 1.67. The van der Waals surface area contributed by atoms with Gasteiger partial charge in [-0.05, 0) is 20.8 Å². The van der Waals surface area contributed by atoms with Crippen molar-refractivity contribution < 1.29 is 13.9 Å². The smallest absolute Gasteiger partial charge is 0.413 e. The molecule has 0 unspecified atom stereocenters. The molecule has 2 aromatic rings. The zero-order valence-electron chi connectivity index (χ0n) is 9.85. The molecular weight excluding hydrogens is 222 g/mol. The summed E-state index contributed by atoms with van der Waals surface area (Å²) < 4.78 is 10.1. The molecule has 0 aliphatic carbocycles. The number of furan rings is 1. The molecule has 1 amide bonds. The van der Waals surface area contributed by atoms with Crippen molar-refractivity contribution in [1.29, 1.82) is 0 Å². The van der Waals surface area contributed by atoms with Crippen LogP contribution in [0.3, 0.4) is 0 Å². The van der Waals surface area contributed by atoms with E-state index in [9.17, 15) is 4.79 Å². The molecule has 90 valence electrons. The number of carbonyl (C=O) groups is 1. The molecule has 0 aliphatic heterocycles. The number of aromatic nitrogens is 2. The minimum Gasteiger partial charge on any atom is -0.445 e. The first-order valence-corrected chi connectivity index (χ1v) is 5.14. The van der Waals surface area contributed by atoms with Crippen molar-refractivity contribution in [3.05, 3.63) is 18.5 Å². The van der Waals surface area contributed by atoms with Gasteiger partial charge in [-0.15, -0.1) is 0 Å². The standard InChI is InChI=1S/C11H13N3O3/c1-11(2,3)17-10(15)14-8-6-12-9-7(13-8)4-5-16-9/h4-6H,1-3H3,(H,13,14,15). The summed E-state index contributed by atoms with van der Waals surface area (Å²) in [7, 11) is 0. The van der Waals surface area contributed by atoms with Gasteiger partial charge in [0.15, 0.2) is 5.82 Å². The first-order chi connectivity index (χ1) is 7.94. The summed E-state index contributed by atoms with van der Waals surface area (Å²) in [5, 5.41) is 2.50. The van der Waals surface area contributed by atoms with Gasteiger partial charge in [0, 0.05) is 6.07 Å². The lowest BCUT2D eigenvalue weighted by Gasteiger charge is -2.19. The zero-order chi connectivity index (χ0) is 12.5. The monoisotopic (exact) mass is 235 g/mol. The van der Waals surface area contributed by atoms with Crippen LogP contribution in [0, 0.1) is 0 Å². The SMILES string of the molecule is CC(C)(C)OC(=O)Nc1cnc2occc2n1. The van der Waals surface area contributed by atoms with E-state index < -0.39 is 11.7 Å². The molecule has 2 rings (SSSR count). The Hall–Kier alpha value is -2.11. The van der Waals surface area contributed by atoms with Gasteiger partial charge in [-0.1, -0.05) is 0 Å². The molecule has 6 heteroatoms. The molecule has 17 heavy (non-hydrogen) atoms. The number of rotatable bonds is 1. The largest absolute Gasteiger partial charge is 0.445 e. The van der Waals surface area contributed by atoms with E-state index in [1.165, 1.54) is 12.5 Å². The van der Waals surface area contributed by atoms with Crippen molar-refractivity contribution in [2.75, 3.05) is 5.32 Å². The van der Waals surface area contributed by atoms with Crippen molar-refractivity contribution in [3.8, 4) is 0 Å². The number of hydrogen-bond donors (Lipinski definition) is 1. The van der Waals surface area contributed by atoms with Gasteiger partial charge >= 0.3 is 6.09 Å². The van der Waals surface area contributed by atoms with E-state index in [-0.39, 0.29) is 0 Å². The Labute approximate surface area is 98.0 Å². The number of ether oxygens (including phenoxy) is 1. The van der Waals surface area contributed by atoms with Gasteiger partial charge in [0.1, 0.15) is 11.1 Å². The second kappa shape index (κ2) is 4.04. The Kier molecular flexibility index (Phi) is 2.71. The Morgan fingerprint density at radius 2 is 2.24 bits per heavy atom. The van der Waals surface area contributed by atoms with Crippen molar-refractivity contribution in [3.63, 3.8) is 0 Å². The van der Waals surface area contributed by atoms with Gasteiger partial charge in [0.25, 0.3) is 0 Å². The zero-order valence-corrected chi connectivity index (χ0v) is 9.85. The van der Waals surface area contributed by atoms with E-state index in [0.29, 0.717) is 17.0 Å². The highest BCUT2D eigenvalue weighted by Crippen LogP contribution is 2.14. The average Bonchev–Trinajstić information content (AvgIpc) is 2.61. The first kappa shape index (κ1) is 11.4. The highest BCUT2D eigenvalue weighted by atomic mass is 16.6. The molecule has 0 aromatic carbocycles. The third-order valence-corrected chi connectivity index (χ3v) is 1.80. The van der Waals surface area contributed by atoms with E-state index in [4.69, 9.17) is 9.15 Å². The third-order valence-electron chi connectivity index (χ3n) is 1.80. The fourth-order valence-corrected chi connectivity index (χ4v) is 1.22. The second-order valence-corrected chi connectivity index (χ2v) is 4.49. The molecule has 0 spiro atoms. The van der Waals surface area contributed by atoms with Crippen LogP contribution < -0.4 is 5.32 Å². The summed E-state index contributed by atoms with van der Waals surface area (Å²) in [5.74, 6) is 0.327. The lowest BCUT2D eigenvalue weighted by molar-refractivity contribution is 0.0635. The van der Waals surface area contributed by atoms with Crippen LogP contribution in [0.15, 0.2) is 22.9 Å². The quantitative estimate of drug-likeness (QED) is 0.821. The molecule has 0 radical (unpaired) electrons. The third kappa shape index (κ3) is 2.93. The summed E-state index contributed by atoms with van der Waals surface area (Å²) in [4.78, 5) is 19.6. The molecule has 0 atom stereocenters. The van der Waals surface area contributed by atoms with Gasteiger partial charge in [0.2, 0.25) is 5.71 Å². The van der Waals surface area contributed by atoms with Crippen LogP contribution in [0.1, 0.15) is 20.8 Å². The fourth-order valence-electron chi connectivity index (χ4n) is 1.22. The number of hydrogen-bond acceptors (Lipinski definition) is 5. The molecule has 0 fully saturated rings. The first-order valence-electron chi connectivity index (χ1n) is 5.14. The number of nitrogens with zero attached hydrogens (tertiary/aromatic N) is 2. The van der Waals surface area contributed by atoms with E-state index in [0.717, 1.165) is 0 Å².